The van der Waals surface area contributed by atoms with Crippen molar-refractivity contribution in [3.05, 3.63) is 73.9 Å². The smallest absolute Gasteiger partial charge is 0.341 e. The zero-order valence-corrected chi connectivity index (χ0v) is 23.6. The number of aromatic nitrogens is 1. The van der Waals surface area contributed by atoms with Gasteiger partial charge in [0.2, 0.25) is 0 Å². The molecule has 0 radical (unpaired) electrons. The van der Waals surface area contributed by atoms with E-state index >= 15 is 0 Å². The van der Waals surface area contributed by atoms with E-state index in [1.54, 1.807) is 48.6 Å². The van der Waals surface area contributed by atoms with Crippen LogP contribution in [0.3, 0.4) is 0 Å². The molecular weight excluding hydrogens is 542 g/mol. The molecule has 0 atom stereocenters. The number of carbonyl (C=O) groups is 3. The van der Waals surface area contributed by atoms with E-state index in [1.165, 1.54) is 9.78 Å². The second-order valence-electron chi connectivity index (χ2n) is 9.18. The highest BCUT2D eigenvalue weighted by atomic mass is 35.5. The van der Waals surface area contributed by atoms with E-state index in [-0.39, 0.29) is 16.7 Å². The van der Waals surface area contributed by atoms with Gasteiger partial charge in [-0.25, -0.2) is 4.79 Å². The van der Waals surface area contributed by atoms with Crippen LogP contribution >= 0.6 is 35.2 Å². The number of carbonyl (C=O) groups excluding carboxylic acids is 3. The molecule has 2 amide bonds. The Labute approximate surface area is 235 Å². The second-order valence-corrected chi connectivity index (χ2v) is 11.1. The molecule has 1 saturated heterocycles. The maximum Gasteiger partial charge on any atom is 0.341 e. The summed E-state index contributed by atoms with van der Waals surface area (Å²) in [7, 11) is 0. The topological polar surface area (TPSA) is 80.6 Å². The Bertz CT molecular complexity index is 1530. The molecule has 38 heavy (non-hydrogen) atoms. The molecule has 1 N–H and O–H groups in total. The van der Waals surface area contributed by atoms with Crippen LogP contribution in [-0.2, 0) is 27.2 Å². The molecule has 2 aromatic heterocycles. The Kier molecular flexibility index (Phi) is 7.26. The van der Waals surface area contributed by atoms with Gasteiger partial charge in [0.15, 0.2) is 5.11 Å². The molecule has 0 unspecified atom stereocenters. The van der Waals surface area contributed by atoms with Crippen molar-refractivity contribution in [2.45, 2.75) is 46.5 Å². The highest BCUT2D eigenvalue weighted by molar-refractivity contribution is 7.80. The van der Waals surface area contributed by atoms with Crippen LogP contribution in [0.2, 0.25) is 5.02 Å². The van der Waals surface area contributed by atoms with Crippen LogP contribution in [0.4, 0.5) is 5.69 Å². The molecule has 1 aliphatic heterocycles. The molecule has 196 valence electrons. The van der Waals surface area contributed by atoms with Crippen molar-refractivity contribution in [2.75, 3.05) is 11.5 Å². The van der Waals surface area contributed by atoms with Gasteiger partial charge < -0.3 is 9.30 Å². The maximum atomic E-state index is 13.5. The van der Waals surface area contributed by atoms with Gasteiger partial charge in [-0.1, -0.05) is 23.7 Å². The number of fused-ring (bicyclic) bond motifs is 1. The van der Waals surface area contributed by atoms with Gasteiger partial charge in [-0.3, -0.25) is 19.8 Å². The van der Waals surface area contributed by atoms with Crippen LogP contribution in [0.5, 0.6) is 0 Å². The molecule has 3 heterocycles. The van der Waals surface area contributed by atoms with Crippen molar-refractivity contribution >= 4 is 69.8 Å². The van der Waals surface area contributed by atoms with Crippen molar-refractivity contribution in [1.29, 1.82) is 0 Å². The van der Waals surface area contributed by atoms with Gasteiger partial charge in [0.1, 0.15) is 10.6 Å². The predicted molar refractivity (Wildman–Crippen MR) is 153 cm³/mol. The fourth-order valence-electron chi connectivity index (χ4n) is 5.03. The molecule has 2 aliphatic rings. The van der Waals surface area contributed by atoms with Crippen LogP contribution in [0.25, 0.3) is 11.1 Å². The summed E-state index contributed by atoms with van der Waals surface area (Å²) in [5.41, 5.74) is 4.40. The van der Waals surface area contributed by atoms with Gasteiger partial charge in [-0.2, -0.15) is 0 Å². The number of benzene rings is 1. The first-order valence-corrected chi connectivity index (χ1v) is 14.0. The number of halogens is 1. The Morgan fingerprint density at radius 2 is 1.95 bits per heavy atom. The van der Waals surface area contributed by atoms with Gasteiger partial charge >= 0.3 is 5.97 Å². The van der Waals surface area contributed by atoms with Crippen molar-refractivity contribution in [2.24, 2.45) is 0 Å². The molecule has 0 saturated carbocycles. The lowest BCUT2D eigenvalue weighted by molar-refractivity contribution is -0.122. The summed E-state index contributed by atoms with van der Waals surface area (Å²) >= 11 is 13.2. The molecular formula is C28H26ClN3O4S2. The van der Waals surface area contributed by atoms with Crippen molar-refractivity contribution in [1.82, 2.24) is 9.88 Å². The third kappa shape index (κ3) is 4.48. The summed E-state index contributed by atoms with van der Waals surface area (Å²) in [6.45, 7) is 5.95. The number of rotatable bonds is 5. The minimum Gasteiger partial charge on any atom is -0.462 e. The van der Waals surface area contributed by atoms with Gasteiger partial charge in [-0.05, 0) is 94.1 Å². The standard InChI is InChI=1S/C28H26ClN3O4S2/c1-4-36-27(35)23-18-9-5-8-12-22(18)38-26(23)31-15(2)13-17(16(31)3)14-19-24(33)30-28(37)32(25(19)34)21-11-7-6-10-20(21)29/h6-7,10-11,13-14H,4-5,8-9,12H2,1-3H3,(H,30,33,37)/b19-14+. The minimum atomic E-state index is -0.577. The zero-order valence-electron chi connectivity index (χ0n) is 21.2. The predicted octanol–water partition coefficient (Wildman–Crippen LogP) is 5.70. The number of thiocarbonyl (C=S) groups is 1. The highest BCUT2D eigenvalue weighted by Crippen LogP contribution is 2.39. The lowest BCUT2D eigenvalue weighted by atomic mass is 9.95. The Balaban J connectivity index is 1.60. The lowest BCUT2D eigenvalue weighted by Gasteiger charge is -2.29. The quantitative estimate of drug-likeness (QED) is 0.185. The number of para-hydroxylation sites is 1. The van der Waals surface area contributed by atoms with E-state index in [1.807, 2.05) is 24.5 Å². The van der Waals surface area contributed by atoms with Crippen molar-refractivity contribution in [3.63, 3.8) is 0 Å². The highest BCUT2D eigenvalue weighted by Gasteiger charge is 2.36. The van der Waals surface area contributed by atoms with Crippen LogP contribution in [-0.4, -0.2) is 34.1 Å². The average molecular weight is 568 g/mol. The lowest BCUT2D eigenvalue weighted by Crippen LogP contribution is -2.54. The van der Waals surface area contributed by atoms with Crippen molar-refractivity contribution in [3.8, 4) is 5.00 Å². The molecule has 3 aromatic rings. The number of esters is 1. The van der Waals surface area contributed by atoms with E-state index in [0.29, 0.717) is 28.4 Å². The van der Waals surface area contributed by atoms with Crippen LogP contribution in [0.1, 0.15) is 57.5 Å². The first kappa shape index (κ1) is 26.3. The van der Waals surface area contributed by atoms with E-state index in [0.717, 1.165) is 47.6 Å². The SMILES string of the molecule is CCOC(=O)c1c(-n2c(C)cc(/C=C3\C(=O)NC(=S)N(c4ccccc4Cl)C3=O)c2C)sc2c1CCCC2. The summed E-state index contributed by atoms with van der Waals surface area (Å²) in [5.74, 6) is -1.46. The van der Waals surface area contributed by atoms with E-state index in [4.69, 9.17) is 28.6 Å². The molecule has 0 bridgehead atoms. The normalized spacial score (nSPS) is 16.6. The fourth-order valence-corrected chi connectivity index (χ4v) is 7.02. The molecule has 0 spiro atoms. The summed E-state index contributed by atoms with van der Waals surface area (Å²) in [4.78, 5) is 41.9. The van der Waals surface area contributed by atoms with Crippen LogP contribution in [0.15, 0.2) is 35.9 Å². The Morgan fingerprint density at radius 1 is 1.21 bits per heavy atom. The number of ether oxygens (including phenoxy) is 1. The Morgan fingerprint density at radius 3 is 2.68 bits per heavy atom. The number of aryl methyl sites for hydroxylation is 2. The number of nitrogens with zero attached hydrogens (tertiary/aromatic N) is 2. The Hall–Kier alpha value is -3.27. The summed E-state index contributed by atoms with van der Waals surface area (Å²) in [5, 5.41) is 3.73. The first-order valence-electron chi connectivity index (χ1n) is 12.4. The molecule has 1 fully saturated rings. The summed E-state index contributed by atoms with van der Waals surface area (Å²) in [6, 6.07) is 8.72. The van der Waals surface area contributed by atoms with E-state index in [2.05, 4.69) is 5.32 Å². The van der Waals surface area contributed by atoms with Gasteiger partial charge in [0.25, 0.3) is 11.8 Å². The second kappa shape index (κ2) is 10.5. The molecule has 10 heteroatoms. The van der Waals surface area contributed by atoms with Crippen molar-refractivity contribution < 1.29 is 19.1 Å². The first-order chi connectivity index (χ1) is 18.2. The summed E-state index contributed by atoms with van der Waals surface area (Å²) in [6.07, 6.45) is 5.49. The average Bonchev–Trinajstić information content (AvgIpc) is 3.38. The van der Waals surface area contributed by atoms with E-state index in [9.17, 15) is 14.4 Å². The molecule has 1 aromatic carbocycles. The van der Waals surface area contributed by atoms with Crippen LogP contribution in [0, 0.1) is 13.8 Å². The number of hydrogen-bond acceptors (Lipinski definition) is 6. The number of thiophene rings is 1. The number of nitrogens with one attached hydrogen (secondary N) is 1. The maximum absolute atomic E-state index is 13.5. The summed E-state index contributed by atoms with van der Waals surface area (Å²) < 4.78 is 7.46. The number of anilines is 1. The monoisotopic (exact) mass is 567 g/mol. The van der Waals surface area contributed by atoms with Gasteiger partial charge in [-0.15, -0.1) is 11.3 Å². The number of amides is 2. The largest absolute Gasteiger partial charge is 0.462 e. The fraction of sp³-hybridized carbons (Fsp3) is 0.286. The molecule has 7 nitrogen and oxygen atoms in total. The third-order valence-corrected chi connectivity index (χ3v) is 8.68. The van der Waals surface area contributed by atoms with E-state index < -0.39 is 11.8 Å². The van der Waals surface area contributed by atoms with Crippen LogP contribution < -0.4 is 10.2 Å². The zero-order chi connectivity index (χ0) is 27.1. The third-order valence-electron chi connectivity index (χ3n) is 6.80. The number of hydrogen-bond donors (Lipinski definition) is 1. The molecule has 1 aliphatic carbocycles. The van der Waals surface area contributed by atoms with Gasteiger partial charge in [0.05, 0.1) is 22.9 Å². The minimum absolute atomic E-state index is 0.0287. The molecule has 5 rings (SSSR count). The van der Waals surface area contributed by atoms with Gasteiger partial charge in [0, 0.05) is 16.3 Å².